The molecule has 0 aliphatic carbocycles. The lowest BCUT2D eigenvalue weighted by molar-refractivity contribution is -0.129. The molecular formula is C18H18FNO5S. The van der Waals surface area contributed by atoms with Crippen molar-refractivity contribution in [1.82, 2.24) is 5.32 Å². The summed E-state index contributed by atoms with van der Waals surface area (Å²) in [5.74, 6) is -1.85. The first-order valence-corrected chi connectivity index (χ1v) is 9.60. The van der Waals surface area contributed by atoms with Gasteiger partial charge < -0.3 is 10.1 Å². The van der Waals surface area contributed by atoms with Crippen LogP contribution in [0.1, 0.15) is 22.8 Å². The molecule has 1 amide bonds. The summed E-state index contributed by atoms with van der Waals surface area (Å²) in [7, 11) is -3.62. The number of ether oxygens (including phenoxy) is 1. The fraction of sp³-hybridized carbons (Fsp3) is 0.222. The third-order valence-electron chi connectivity index (χ3n) is 3.54. The monoisotopic (exact) mass is 379 g/mol. The number of esters is 1. The van der Waals surface area contributed by atoms with E-state index in [1.54, 1.807) is 0 Å². The fourth-order valence-corrected chi connectivity index (χ4v) is 3.05. The summed E-state index contributed by atoms with van der Waals surface area (Å²) < 4.78 is 41.4. The van der Waals surface area contributed by atoms with Crippen LogP contribution in [0.25, 0.3) is 0 Å². The molecule has 0 radical (unpaired) electrons. The predicted octanol–water partition coefficient (Wildman–Crippen LogP) is 2.09. The summed E-state index contributed by atoms with van der Waals surface area (Å²) in [4.78, 5) is 24.1. The van der Waals surface area contributed by atoms with E-state index in [-0.39, 0.29) is 22.8 Å². The number of nitrogens with one attached hydrogen (secondary N) is 1. The van der Waals surface area contributed by atoms with Gasteiger partial charge in [0.15, 0.2) is 15.9 Å². The van der Waals surface area contributed by atoms with Gasteiger partial charge in [0.2, 0.25) is 0 Å². The van der Waals surface area contributed by atoms with Crippen LogP contribution in [-0.2, 0) is 25.9 Å². The standard InChI is InChI=1S/C18H18FNO5S/c1-12(17(21)20-11-13-7-9-14(19)10-8-13)25-18(22)15-5-3-4-6-16(15)26(2,23)24/h3-10,12H,11H2,1-2H3,(H,20,21)/t12-/m1/s1. The van der Waals surface area contributed by atoms with Crippen molar-refractivity contribution < 1.29 is 27.1 Å². The molecule has 0 heterocycles. The van der Waals surface area contributed by atoms with Crippen molar-refractivity contribution in [1.29, 1.82) is 0 Å². The quantitative estimate of drug-likeness (QED) is 0.777. The van der Waals surface area contributed by atoms with Crippen LogP contribution in [0.3, 0.4) is 0 Å². The Morgan fingerprint density at radius 3 is 2.35 bits per heavy atom. The topological polar surface area (TPSA) is 89.5 Å². The molecule has 2 aromatic rings. The highest BCUT2D eigenvalue weighted by molar-refractivity contribution is 7.90. The van der Waals surface area contributed by atoms with E-state index in [9.17, 15) is 22.4 Å². The molecular weight excluding hydrogens is 361 g/mol. The number of carbonyl (C=O) groups excluding carboxylic acids is 2. The molecule has 0 saturated carbocycles. The highest BCUT2D eigenvalue weighted by Crippen LogP contribution is 2.17. The second-order valence-electron chi connectivity index (χ2n) is 5.66. The van der Waals surface area contributed by atoms with Gasteiger partial charge in [0.1, 0.15) is 5.82 Å². The molecule has 0 spiro atoms. The highest BCUT2D eigenvalue weighted by Gasteiger charge is 2.23. The number of amides is 1. The van der Waals surface area contributed by atoms with E-state index in [1.807, 2.05) is 0 Å². The van der Waals surface area contributed by atoms with Crippen LogP contribution in [0.5, 0.6) is 0 Å². The molecule has 0 saturated heterocycles. The molecule has 0 unspecified atom stereocenters. The normalized spacial score (nSPS) is 12.3. The Bertz CT molecular complexity index is 909. The van der Waals surface area contributed by atoms with Gasteiger partial charge >= 0.3 is 5.97 Å². The molecule has 2 rings (SSSR count). The number of rotatable bonds is 6. The number of hydrogen-bond donors (Lipinski definition) is 1. The Morgan fingerprint density at radius 2 is 1.73 bits per heavy atom. The molecule has 0 bridgehead atoms. The van der Waals surface area contributed by atoms with Crippen molar-refractivity contribution in [2.45, 2.75) is 24.5 Å². The number of carbonyl (C=O) groups is 2. The van der Waals surface area contributed by atoms with E-state index in [2.05, 4.69) is 5.32 Å². The van der Waals surface area contributed by atoms with Gasteiger partial charge in [0.05, 0.1) is 10.5 Å². The van der Waals surface area contributed by atoms with E-state index in [1.165, 1.54) is 55.5 Å². The van der Waals surface area contributed by atoms with Gasteiger partial charge in [0.25, 0.3) is 5.91 Å². The first-order chi connectivity index (χ1) is 12.2. The Balaban J connectivity index is 2.00. The van der Waals surface area contributed by atoms with Crippen LogP contribution < -0.4 is 5.32 Å². The lowest BCUT2D eigenvalue weighted by Gasteiger charge is -2.14. The summed E-state index contributed by atoms with van der Waals surface area (Å²) in [5.41, 5.74) is 0.550. The minimum atomic E-state index is -3.62. The highest BCUT2D eigenvalue weighted by atomic mass is 32.2. The van der Waals surface area contributed by atoms with Crippen molar-refractivity contribution in [2.75, 3.05) is 6.26 Å². The Kier molecular flexibility index (Phi) is 6.10. The van der Waals surface area contributed by atoms with Crippen LogP contribution >= 0.6 is 0 Å². The molecule has 0 aliphatic heterocycles. The van der Waals surface area contributed by atoms with E-state index < -0.39 is 27.8 Å². The lowest BCUT2D eigenvalue weighted by atomic mass is 10.2. The zero-order valence-corrected chi connectivity index (χ0v) is 15.0. The van der Waals surface area contributed by atoms with Gasteiger partial charge in [-0.3, -0.25) is 4.79 Å². The molecule has 2 aromatic carbocycles. The van der Waals surface area contributed by atoms with Crippen LogP contribution in [0.15, 0.2) is 53.4 Å². The molecule has 8 heteroatoms. The second-order valence-corrected chi connectivity index (χ2v) is 7.64. The molecule has 0 fully saturated rings. The zero-order valence-electron chi connectivity index (χ0n) is 14.2. The summed E-state index contributed by atoms with van der Waals surface area (Å²) in [6.07, 6.45) is -0.145. The molecule has 6 nitrogen and oxygen atoms in total. The van der Waals surface area contributed by atoms with Gasteiger partial charge in [0, 0.05) is 12.8 Å². The van der Waals surface area contributed by atoms with Crippen molar-refractivity contribution in [2.24, 2.45) is 0 Å². The third-order valence-corrected chi connectivity index (χ3v) is 4.69. The maximum Gasteiger partial charge on any atom is 0.340 e. The lowest BCUT2D eigenvalue weighted by Crippen LogP contribution is -2.35. The summed E-state index contributed by atoms with van der Waals surface area (Å²) in [6.45, 7) is 1.52. The van der Waals surface area contributed by atoms with Crippen molar-refractivity contribution >= 4 is 21.7 Å². The third kappa shape index (κ3) is 5.13. The molecule has 26 heavy (non-hydrogen) atoms. The van der Waals surface area contributed by atoms with Crippen LogP contribution in [-0.4, -0.2) is 32.7 Å². The average molecular weight is 379 g/mol. The SMILES string of the molecule is C[C@@H](OC(=O)c1ccccc1S(C)(=O)=O)C(=O)NCc1ccc(F)cc1. The van der Waals surface area contributed by atoms with Crippen LogP contribution in [0.4, 0.5) is 4.39 Å². The van der Waals surface area contributed by atoms with Crippen LogP contribution in [0, 0.1) is 5.82 Å². The largest absolute Gasteiger partial charge is 0.449 e. The number of benzene rings is 2. The minimum Gasteiger partial charge on any atom is -0.449 e. The average Bonchev–Trinajstić information content (AvgIpc) is 2.60. The molecule has 1 N–H and O–H groups in total. The van der Waals surface area contributed by atoms with Gasteiger partial charge in [-0.2, -0.15) is 0 Å². The van der Waals surface area contributed by atoms with Crippen LogP contribution in [0.2, 0.25) is 0 Å². The maximum absolute atomic E-state index is 12.8. The van der Waals surface area contributed by atoms with Gasteiger partial charge in [-0.05, 0) is 36.8 Å². The smallest absolute Gasteiger partial charge is 0.340 e. The predicted molar refractivity (Wildman–Crippen MR) is 92.7 cm³/mol. The van der Waals surface area contributed by atoms with E-state index in [0.717, 1.165) is 6.26 Å². The number of halogens is 1. The first kappa shape index (κ1) is 19.6. The fourth-order valence-electron chi connectivity index (χ4n) is 2.17. The Labute approximate surface area is 150 Å². The van der Waals surface area contributed by atoms with Gasteiger partial charge in [-0.25, -0.2) is 17.6 Å². The second kappa shape index (κ2) is 8.09. The van der Waals surface area contributed by atoms with E-state index in [0.29, 0.717) is 5.56 Å². The Hall–Kier alpha value is -2.74. The van der Waals surface area contributed by atoms with Gasteiger partial charge in [-0.1, -0.05) is 24.3 Å². The van der Waals surface area contributed by atoms with Crippen molar-refractivity contribution in [3.8, 4) is 0 Å². The minimum absolute atomic E-state index is 0.131. The maximum atomic E-state index is 12.8. The van der Waals surface area contributed by atoms with Crippen molar-refractivity contribution in [3.05, 3.63) is 65.5 Å². The van der Waals surface area contributed by atoms with Gasteiger partial charge in [-0.15, -0.1) is 0 Å². The van der Waals surface area contributed by atoms with E-state index in [4.69, 9.17) is 4.74 Å². The molecule has 138 valence electrons. The molecule has 0 aromatic heterocycles. The molecule has 0 aliphatic rings. The van der Waals surface area contributed by atoms with Crippen molar-refractivity contribution in [3.63, 3.8) is 0 Å². The summed E-state index contributed by atoms with van der Waals surface area (Å²) in [6, 6.07) is 11.2. The zero-order chi connectivity index (χ0) is 19.3. The number of hydrogen-bond acceptors (Lipinski definition) is 5. The Morgan fingerprint density at radius 1 is 1.12 bits per heavy atom. The first-order valence-electron chi connectivity index (χ1n) is 7.70. The summed E-state index contributed by atoms with van der Waals surface area (Å²) >= 11 is 0. The van der Waals surface area contributed by atoms with E-state index >= 15 is 0 Å². The number of sulfone groups is 1. The summed E-state index contributed by atoms with van der Waals surface area (Å²) in [5, 5.41) is 2.56. The molecule has 1 atom stereocenters.